The standard InChI is InChI=1S/C22H26N4O2/c1-14-12-15(2)25-22(24-14)28-11-5-10-26-19-7-4-3-6-17(19)18-13-16(21(23)27)8-9-20(18)26/h8-9,12-13H,3-7,10-11H2,1-2H3,(H2,23,27). The van der Waals surface area contributed by atoms with E-state index in [-0.39, 0.29) is 5.91 Å². The second-order valence-corrected chi connectivity index (χ2v) is 7.52. The van der Waals surface area contributed by atoms with Gasteiger partial charge in [-0.25, -0.2) is 9.97 Å². The van der Waals surface area contributed by atoms with Crippen molar-refractivity contribution in [2.75, 3.05) is 6.61 Å². The summed E-state index contributed by atoms with van der Waals surface area (Å²) in [6.07, 6.45) is 5.41. The maximum atomic E-state index is 11.6. The minimum Gasteiger partial charge on any atom is -0.463 e. The van der Waals surface area contributed by atoms with Crippen LogP contribution < -0.4 is 10.5 Å². The molecule has 0 saturated heterocycles. The first-order valence-corrected chi connectivity index (χ1v) is 9.92. The molecule has 146 valence electrons. The number of aromatic nitrogens is 3. The van der Waals surface area contributed by atoms with Crippen molar-refractivity contribution in [3.8, 4) is 6.01 Å². The molecule has 0 aliphatic heterocycles. The number of rotatable bonds is 6. The van der Waals surface area contributed by atoms with Crippen molar-refractivity contribution in [3.63, 3.8) is 0 Å². The molecular formula is C22H26N4O2. The third-order valence-electron chi connectivity index (χ3n) is 5.38. The summed E-state index contributed by atoms with van der Waals surface area (Å²) in [6, 6.07) is 8.19. The summed E-state index contributed by atoms with van der Waals surface area (Å²) >= 11 is 0. The van der Waals surface area contributed by atoms with Crippen LogP contribution in [0.5, 0.6) is 6.01 Å². The maximum absolute atomic E-state index is 11.6. The van der Waals surface area contributed by atoms with E-state index in [2.05, 4.69) is 14.5 Å². The van der Waals surface area contributed by atoms with E-state index in [0.29, 0.717) is 18.2 Å². The second kappa shape index (κ2) is 7.62. The quantitative estimate of drug-likeness (QED) is 0.666. The Labute approximate surface area is 164 Å². The Morgan fingerprint density at radius 1 is 1.14 bits per heavy atom. The number of carbonyl (C=O) groups excluding carboxylic acids is 1. The minimum atomic E-state index is -0.374. The van der Waals surface area contributed by atoms with Gasteiger partial charge in [-0.1, -0.05) is 0 Å². The highest BCUT2D eigenvalue weighted by Gasteiger charge is 2.20. The molecule has 6 heteroatoms. The van der Waals surface area contributed by atoms with Gasteiger partial charge in [0.1, 0.15) is 0 Å². The topological polar surface area (TPSA) is 83.0 Å². The summed E-state index contributed by atoms with van der Waals surface area (Å²) in [5.41, 5.74) is 11.8. The van der Waals surface area contributed by atoms with E-state index >= 15 is 0 Å². The van der Waals surface area contributed by atoms with Gasteiger partial charge in [0.25, 0.3) is 0 Å². The molecular weight excluding hydrogens is 352 g/mol. The highest BCUT2D eigenvalue weighted by atomic mass is 16.5. The molecule has 3 aromatic rings. The van der Waals surface area contributed by atoms with Gasteiger partial charge in [0.05, 0.1) is 6.61 Å². The van der Waals surface area contributed by atoms with E-state index in [4.69, 9.17) is 10.5 Å². The van der Waals surface area contributed by atoms with E-state index in [9.17, 15) is 4.79 Å². The average Bonchev–Trinajstić information content (AvgIpc) is 2.98. The van der Waals surface area contributed by atoms with Crippen molar-refractivity contribution < 1.29 is 9.53 Å². The predicted octanol–water partition coefficient (Wildman–Crippen LogP) is 3.49. The zero-order valence-corrected chi connectivity index (χ0v) is 16.5. The second-order valence-electron chi connectivity index (χ2n) is 7.52. The molecule has 2 heterocycles. The number of benzene rings is 1. The minimum absolute atomic E-state index is 0.374. The summed E-state index contributed by atoms with van der Waals surface area (Å²) < 4.78 is 8.17. The van der Waals surface area contributed by atoms with Crippen LogP contribution in [0.1, 0.15) is 52.3 Å². The Kier molecular flexibility index (Phi) is 5.03. The predicted molar refractivity (Wildman–Crippen MR) is 109 cm³/mol. The molecule has 6 nitrogen and oxygen atoms in total. The average molecular weight is 378 g/mol. The maximum Gasteiger partial charge on any atom is 0.316 e. The van der Waals surface area contributed by atoms with Crippen LogP contribution >= 0.6 is 0 Å². The Balaban J connectivity index is 1.54. The van der Waals surface area contributed by atoms with Gasteiger partial charge in [-0.3, -0.25) is 4.79 Å². The highest BCUT2D eigenvalue weighted by Crippen LogP contribution is 2.33. The van der Waals surface area contributed by atoms with Crippen molar-refractivity contribution in [1.29, 1.82) is 0 Å². The van der Waals surface area contributed by atoms with Crippen LogP contribution in [0.25, 0.3) is 10.9 Å². The number of aryl methyl sites for hydroxylation is 4. The third kappa shape index (κ3) is 3.59. The molecule has 0 unspecified atom stereocenters. The molecule has 1 aromatic carbocycles. The highest BCUT2D eigenvalue weighted by molar-refractivity contribution is 5.98. The first-order chi connectivity index (χ1) is 13.5. The number of carbonyl (C=O) groups is 1. The molecule has 1 amide bonds. The number of nitrogens with two attached hydrogens (primary N) is 1. The van der Waals surface area contributed by atoms with Gasteiger partial charge in [-0.05, 0) is 75.8 Å². The fraction of sp³-hybridized carbons (Fsp3) is 0.409. The number of amides is 1. The molecule has 0 bridgehead atoms. The number of hydrogen-bond donors (Lipinski definition) is 1. The molecule has 0 atom stereocenters. The van der Waals surface area contributed by atoms with Gasteiger partial charge in [0.15, 0.2) is 0 Å². The van der Waals surface area contributed by atoms with Gasteiger partial charge in [-0.15, -0.1) is 0 Å². The van der Waals surface area contributed by atoms with Crippen LogP contribution in [0, 0.1) is 13.8 Å². The van der Waals surface area contributed by atoms with Crippen molar-refractivity contribution in [2.45, 2.75) is 52.5 Å². The van der Waals surface area contributed by atoms with Crippen molar-refractivity contribution in [3.05, 3.63) is 52.5 Å². The molecule has 2 N–H and O–H groups in total. The van der Waals surface area contributed by atoms with Crippen molar-refractivity contribution in [1.82, 2.24) is 14.5 Å². The van der Waals surface area contributed by atoms with Gasteiger partial charge < -0.3 is 15.0 Å². The van der Waals surface area contributed by atoms with E-state index in [1.54, 1.807) is 0 Å². The molecule has 28 heavy (non-hydrogen) atoms. The van der Waals surface area contributed by atoms with Crippen LogP contribution in [0.2, 0.25) is 0 Å². The monoisotopic (exact) mass is 378 g/mol. The zero-order chi connectivity index (χ0) is 19.7. The Morgan fingerprint density at radius 2 is 1.89 bits per heavy atom. The molecule has 2 aromatic heterocycles. The molecule has 0 spiro atoms. The Bertz CT molecular complexity index is 1020. The number of nitrogens with zero attached hydrogens (tertiary/aromatic N) is 3. The Hall–Kier alpha value is -2.89. The van der Waals surface area contributed by atoms with Gasteiger partial charge >= 0.3 is 6.01 Å². The molecule has 4 rings (SSSR count). The molecule has 0 saturated carbocycles. The molecule has 1 aliphatic rings. The van der Waals surface area contributed by atoms with Crippen LogP contribution in [-0.2, 0) is 19.4 Å². The molecule has 0 radical (unpaired) electrons. The number of hydrogen-bond acceptors (Lipinski definition) is 4. The number of fused-ring (bicyclic) bond motifs is 3. The lowest BCUT2D eigenvalue weighted by molar-refractivity contribution is 0.100. The molecule has 1 aliphatic carbocycles. The smallest absolute Gasteiger partial charge is 0.316 e. The summed E-state index contributed by atoms with van der Waals surface area (Å²) in [7, 11) is 0. The van der Waals surface area contributed by atoms with Crippen molar-refractivity contribution in [2.24, 2.45) is 5.73 Å². The summed E-state index contributed by atoms with van der Waals surface area (Å²) in [5, 5.41) is 1.17. The van der Waals surface area contributed by atoms with Crippen LogP contribution in [-0.4, -0.2) is 27.0 Å². The zero-order valence-electron chi connectivity index (χ0n) is 16.5. The Morgan fingerprint density at radius 3 is 2.64 bits per heavy atom. The first-order valence-electron chi connectivity index (χ1n) is 9.92. The largest absolute Gasteiger partial charge is 0.463 e. The van der Waals surface area contributed by atoms with Gasteiger partial charge in [-0.2, -0.15) is 0 Å². The normalized spacial score (nSPS) is 13.5. The number of primary amides is 1. The lowest BCUT2D eigenvalue weighted by Gasteiger charge is -2.16. The van der Waals surface area contributed by atoms with E-state index in [1.165, 1.54) is 35.0 Å². The first kappa shape index (κ1) is 18.5. The summed E-state index contributed by atoms with van der Waals surface area (Å²) in [6.45, 7) is 5.32. The fourth-order valence-corrected chi connectivity index (χ4v) is 4.19. The SMILES string of the molecule is Cc1cc(C)nc(OCCCn2c3c(c4cc(C(N)=O)ccc42)CCCC3)n1. The lowest BCUT2D eigenvalue weighted by Crippen LogP contribution is -2.11. The number of ether oxygens (including phenoxy) is 1. The fourth-order valence-electron chi connectivity index (χ4n) is 4.19. The van der Waals surface area contributed by atoms with E-state index in [0.717, 1.165) is 37.2 Å². The summed E-state index contributed by atoms with van der Waals surface area (Å²) in [5.74, 6) is -0.374. The van der Waals surface area contributed by atoms with Crippen LogP contribution in [0.15, 0.2) is 24.3 Å². The molecule has 0 fully saturated rings. The van der Waals surface area contributed by atoms with Crippen LogP contribution in [0.3, 0.4) is 0 Å². The van der Waals surface area contributed by atoms with Crippen molar-refractivity contribution >= 4 is 16.8 Å². The van der Waals surface area contributed by atoms with Gasteiger partial charge in [0, 0.05) is 40.1 Å². The van der Waals surface area contributed by atoms with Crippen LogP contribution in [0.4, 0.5) is 0 Å². The van der Waals surface area contributed by atoms with E-state index in [1.807, 2.05) is 38.1 Å². The van der Waals surface area contributed by atoms with Gasteiger partial charge in [0.2, 0.25) is 5.91 Å². The summed E-state index contributed by atoms with van der Waals surface area (Å²) in [4.78, 5) is 20.3. The lowest BCUT2D eigenvalue weighted by atomic mass is 9.95. The van der Waals surface area contributed by atoms with E-state index < -0.39 is 0 Å². The third-order valence-corrected chi connectivity index (χ3v) is 5.38.